The summed E-state index contributed by atoms with van der Waals surface area (Å²) in [7, 11) is 0. The quantitative estimate of drug-likeness (QED) is 0.856. The molecule has 1 aromatic carbocycles. The summed E-state index contributed by atoms with van der Waals surface area (Å²) in [6, 6.07) is 2.68. The zero-order valence-corrected chi connectivity index (χ0v) is 13.1. The molecular formula is C16H16ClNO5. The van der Waals surface area contributed by atoms with Gasteiger partial charge in [-0.2, -0.15) is 0 Å². The highest BCUT2D eigenvalue weighted by Crippen LogP contribution is 2.38. The first-order chi connectivity index (χ1) is 11.1. The molecule has 1 saturated heterocycles. The Bertz CT molecular complexity index is 673. The number of ether oxygens (including phenoxy) is 2. The molecule has 0 aromatic heterocycles. The Hall–Kier alpha value is -2.21. The first-order valence-corrected chi connectivity index (χ1v) is 7.74. The van der Waals surface area contributed by atoms with Crippen LogP contribution in [0.2, 0.25) is 5.02 Å². The van der Waals surface area contributed by atoms with Crippen molar-refractivity contribution in [2.24, 2.45) is 0 Å². The lowest BCUT2D eigenvalue weighted by atomic mass is 10.1. The van der Waals surface area contributed by atoms with Crippen LogP contribution >= 0.6 is 11.6 Å². The summed E-state index contributed by atoms with van der Waals surface area (Å²) in [6.07, 6.45) is 4.16. The summed E-state index contributed by atoms with van der Waals surface area (Å²) in [5.74, 6) is -0.236. The number of rotatable bonds is 3. The van der Waals surface area contributed by atoms with Crippen LogP contribution in [-0.4, -0.2) is 47.7 Å². The van der Waals surface area contributed by atoms with Crippen LogP contribution in [0.3, 0.4) is 0 Å². The van der Waals surface area contributed by atoms with E-state index in [0.29, 0.717) is 54.7 Å². The molecule has 2 aliphatic rings. The maximum atomic E-state index is 12.2. The van der Waals surface area contributed by atoms with Gasteiger partial charge in [0, 0.05) is 12.6 Å². The van der Waals surface area contributed by atoms with E-state index in [-0.39, 0.29) is 5.91 Å². The molecule has 0 aliphatic carbocycles. The molecule has 1 atom stereocenters. The molecule has 0 spiro atoms. The predicted molar refractivity (Wildman–Crippen MR) is 83.8 cm³/mol. The molecule has 0 unspecified atom stereocenters. The maximum Gasteiger partial charge on any atom is 0.326 e. The molecule has 1 aromatic rings. The van der Waals surface area contributed by atoms with E-state index in [9.17, 15) is 9.59 Å². The van der Waals surface area contributed by atoms with E-state index in [2.05, 4.69) is 0 Å². The van der Waals surface area contributed by atoms with Crippen LogP contribution in [0.1, 0.15) is 18.4 Å². The van der Waals surface area contributed by atoms with Crippen LogP contribution in [-0.2, 0) is 9.59 Å². The largest absolute Gasteiger partial charge is 0.486 e. The Morgan fingerprint density at radius 2 is 2.09 bits per heavy atom. The van der Waals surface area contributed by atoms with E-state index in [1.807, 2.05) is 0 Å². The number of nitrogens with zero attached hydrogens (tertiary/aromatic N) is 1. The number of carbonyl (C=O) groups excluding carboxylic acids is 1. The summed E-state index contributed by atoms with van der Waals surface area (Å²) < 4.78 is 10.9. The molecule has 122 valence electrons. The van der Waals surface area contributed by atoms with Crippen LogP contribution in [0.5, 0.6) is 11.5 Å². The van der Waals surface area contributed by atoms with Crippen molar-refractivity contribution in [2.75, 3.05) is 19.8 Å². The smallest absolute Gasteiger partial charge is 0.326 e. The Kier molecular flexibility index (Phi) is 4.43. The van der Waals surface area contributed by atoms with Gasteiger partial charge >= 0.3 is 5.97 Å². The molecule has 1 amide bonds. The molecule has 0 saturated carbocycles. The van der Waals surface area contributed by atoms with Crippen molar-refractivity contribution in [2.45, 2.75) is 18.9 Å². The van der Waals surface area contributed by atoms with Crippen LogP contribution in [0, 0.1) is 0 Å². The van der Waals surface area contributed by atoms with Crippen molar-refractivity contribution in [1.82, 2.24) is 4.90 Å². The number of benzene rings is 1. The predicted octanol–water partition coefficient (Wildman–Crippen LogP) is 2.20. The molecular weight excluding hydrogens is 322 g/mol. The second kappa shape index (κ2) is 6.50. The summed E-state index contributed by atoms with van der Waals surface area (Å²) >= 11 is 6.14. The first-order valence-electron chi connectivity index (χ1n) is 7.37. The molecule has 3 rings (SSSR count). The summed E-state index contributed by atoms with van der Waals surface area (Å²) in [5.41, 5.74) is 0.693. The fourth-order valence-electron chi connectivity index (χ4n) is 2.78. The van der Waals surface area contributed by atoms with E-state index in [1.54, 1.807) is 18.2 Å². The van der Waals surface area contributed by atoms with Crippen molar-refractivity contribution in [3.8, 4) is 11.5 Å². The van der Waals surface area contributed by atoms with Gasteiger partial charge in [-0.15, -0.1) is 0 Å². The van der Waals surface area contributed by atoms with Gasteiger partial charge in [-0.3, -0.25) is 4.79 Å². The average Bonchev–Trinajstić information content (AvgIpc) is 3.02. The normalized spacial score (nSPS) is 20.0. The van der Waals surface area contributed by atoms with Crippen molar-refractivity contribution in [3.05, 3.63) is 28.8 Å². The fraction of sp³-hybridized carbons (Fsp3) is 0.375. The number of carboxylic acid groups (broad SMARTS) is 1. The van der Waals surface area contributed by atoms with Gasteiger partial charge in [-0.05, 0) is 36.6 Å². The van der Waals surface area contributed by atoms with Gasteiger partial charge in [0.1, 0.15) is 19.3 Å². The average molecular weight is 338 g/mol. The van der Waals surface area contributed by atoms with Crippen LogP contribution in [0.25, 0.3) is 6.08 Å². The molecule has 2 aliphatic heterocycles. The number of halogens is 1. The molecule has 7 heteroatoms. The monoisotopic (exact) mass is 337 g/mol. The third-order valence-corrected chi connectivity index (χ3v) is 4.14. The highest BCUT2D eigenvalue weighted by Gasteiger charge is 2.32. The number of carboxylic acids is 1. The fourth-order valence-corrected chi connectivity index (χ4v) is 3.05. The Morgan fingerprint density at radius 1 is 1.30 bits per heavy atom. The van der Waals surface area contributed by atoms with E-state index in [1.165, 1.54) is 11.0 Å². The zero-order chi connectivity index (χ0) is 16.4. The number of hydrogen-bond donors (Lipinski definition) is 1. The van der Waals surface area contributed by atoms with E-state index < -0.39 is 12.0 Å². The van der Waals surface area contributed by atoms with E-state index in [0.717, 1.165) is 0 Å². The molecule has 1 fully saturated rings. The molecule has 0 radical (unpaired) electrons. The van der Waals surface area contributed by atoms with Crippen LogP contribution in [0.15, 0.2) is 18.2 Å². The number of likely N-dealkylation sites (tertiary alicyclic amines) is 1. The Labute approximate surface area is 138 Å². The lowest BCUT2D eigenvalue weighted by Crippen LogP contribution is -2.39. The van der Waals surface area contributed by atoms with Crippen molar-refractivity contribution >= 4 is 29.6 Å². The first kappa shape index (κ1) is 15.7. The number of carbonyl (C=O) groups is 2. The summed E-state index contributed by atoms with van der Waals surface area (Å²) in [4.78, 5) is 24.7. The minimum absolute atomic E-state index is 0.319. The van der Waals surface area contributed by atoms with Gasteiger partial charge in [-0.1, -0.05) is 11.6 Å². The second-order valence-corrected chi connectivity index (χ2v) is 5.80. The minimum Gasteiger partial charge on any atom is -0.486 e. The minimum atomic E-state index is -0.966. The van der Waals surface area contributed by atoms with E-state index >= 15 is 0 Å². The van der Waals surface area contributed by atoms with Crippen LogP contribution in [0.4, 0.5) is 0 Å². The number of fused-ring (bicyclic) bond motifs is 1. The summed E-state index contributed by atoms with van der Waals surface area (Å²) in [6.45, 7) is 1.36. The SMILES string of the molecule is O=C(O)[C@H]1CCCN1C(=O)/C=C/c1cc(Cl)c2c(c1)OCCO2. The Balaban J connectivity index is 1.76. The van der Waals surface area contributed by atoms with Crippen molar-refractivity contribution in [3.63, 3.8) is 0 Å². The summed E-state index contributed by atoms with van der Waals surface area (Å²) in [5, 5.41) is 9.54. The zero-order valence-electron chi connectivity index (χ0n) is 12.3. The molecule has 2 heterocycles. The lowest BCUT2D eigenvalue weighted by molar-refractivity contribution is -0.146. The lowest BCUT2D eigenvalue weighted by Gasteiger charge is -2.20. The van der Waals surface area contributed by atoms with Gasteiger partial charge in [0.25, 0.3) is 0 Å². The molecule has 0 bridgehead atoms. The van der Waals surface area contributed by atoms with Crippen molar-refractivity contribution < 1.29 is 24.2 Å². The maximum absolute atomic E-state index is 12.2. The Morgan fingerprint density at radius 3 is 2.87 bits per heavy atom. The highest BCUT2D eigenvalue weighted by atomic mass is 35.5. The van der Waals surface area contributed by atoms with Crippen molar-refractivity contribution in [1.29, 1.82) is 0 Å². The topological polar surface area (TPSA) is 76.1 Å². The number of amides is 1. The van der Waals surface area contributed by atoms with Gasteiger partial charge in [0.2, 0.25) is 5.91 Å². The molecule has 6 nitrogen and oxygen atoms in total. The highest BCUT2D eigenvalue weighted by molar-refractivity contribution is 6.32. The van der Waals surface area contributed by atoms with Gasteiger partial charge in [0.15, 0.2) is 11.5 Å². The number of hydrogen-bond acceptors (Lipinski definition) is 4. The molecule has 1 N–H and O–H groups in total. The molecule has 23 heavy (non-hydrogen) atoms. The second-order valence-electron chi connectivity index (χ2n) is 5.39. The van der Waals surface area contributed by atoms with Gasteiger partial charge in [-0.25, -0.2) is 4.79 Å². The van der Waals surface area contributed by atoms with E-state index in [4.69, 9.17) is 26.2 Å². The third kappa shape index (κ3) is 3.27. The third-order valence-electron chi connectivity index (χ3n) is 3.86. The van der Waals surface area contributed by atoms with Gasteiger partial charge in [0.05, 0.1) is 5.02 Å². The van der Waals surface area contributed by atoms with Crippen LogP contribution < -0.4 is 9.47 Å². The number of aliphatic carboxylic acids is 1. The van der Waals surface area contributed by atoms with Gasteiger partial charge < -0.3 is 19.5 Å². The standard InChI is InChI=1S/C16H16ClNO5/c17-11-8-10(9-13-15(11)23-7-6-22-13)3-4-14(19)18-5-1-2-12(18)16(20)21/h3-4,8-9,12H,1-2,5-7H2,(H,20,21)/b4-3+/t12-/m1/s1.